The predicted octanol–water partition coefficient (Wildman–Crippen LogP) is 4.21. The summed E-state index contributed by atoms with van der Waals surface area (Å²) in [6.07, 6.45) is 2.25. The molecule has 0 aliphatic heterocycles. The second kappa shape index (κ2) is 8.65. The van der Waals surface area contributed by atoms with Gasteiger partial charge in [0.25, 0.3) is 0 Å². The van der Waals surface area contributed by atoms with Crippen LogP contribution in [0.4, 0.5) is 4.39 Å². The second-order valence-corrected chi connectivity index (χ2v) is 7.78. The topological polar surface area (TPSA) is 66.2 Å². The Balaban J connectivity index is 1.62. The molecule has 0 N–H and O–H groups in total. The van der Waals surface area contributed by atoms with Crippen LogP contribution >= 0.6 is 11.8 Å². The summed E-state index contributed by atoms with van der Waals surface area (Å²) in [6.45, 7) is 0.104. The first-order valence-electron chi connectivity index (χ1n) is 9.31. The van der Waals surface area contributed by atoms with Crippen LogP contribution in [0.2, 0.25) is 0 Å². The van der Waals surface area contributed by atoms with Crippen LogP contribution in [0.3, 0.4) is 0 Å². The Morgan fingerprint density at radius 3 is 2.59 bits per heavy atom. The van der Waals surface area contributed by atoms with Gasteiger partial charge >= 0.3 is 0 Å². The molecule has 0 unspecified atom stereocenters. The van der Waals surface area contributed by atoms with Gasteiger partial charge in [-0.05, 0) is 49.2 Å². The third-order valence-electron chi connectivity index (χ3n) is 4.72. The molecule has 0 amide bonds. The standard InChI is InChI=1S/C21H20FN3O3S/c1-27-14-9-11-15(12-10-14)28-13-20-23-24-21(29-19-8-4-7-18(19)26)25(20)17-6-3-2-5-16(17)22/h2-3,5-6,9-12,19H,4,7-8,13H2,1H3/t19-/m0/s1. The first-order valence-corrected chi connectivity index (χ1v) is 10.2. The SMILES string of the molecule is COc1ccc(OCc2nnc(S[C@H]3CCCC3=O)n2-c2ccccc2F)cc1. The van der Waals surface area contributed by atoms with Gasteiger partial charge < -0.3 is 9.47 Å². The highest BCUT2D eigenvalue weighted by molar-refractivity contribution is 8.00. The fraction of sp³-hybridized carbons (Fsp3) is 0.286. The highest BCUT2D eigenvalue weighted by Gasteiger charge is 2.28. The van der Waals surface area contributed by atoms with E-state index >= 15 is 0 Å². The Kier molecular flexibility index (Phi) is 5.80. The number of para-hydroxylation sites is 1. The summed E-state index contributed by atoms with van der Waals surface area (Å²) in [4.78, 5) is 12.1. The number of Topliss-reactive ketones (excluding diaryl/α,β-unsaturated/α-hetero) is 1. The third kappa shape index (κ3) is 4.27. The minimum atomic E-state index is -0.391. The van der Waals surface area contributed by atoms with Crippen molar-refractivity contribution in [2.45, 2.75) is 36.3 Å². The Morgan fingerprint density at radius 1 is 1.14 bits per heavy atom. The summed E-state index contributed by atoms with van der Waals surface area (Å²) in [7, 11) is 1.60. The number of nitrogens with zero attached hydrogens (tertiary/aromatic N) is 3. The largest absolute Gasteiger partial charge is 0.497 e. The average molecular weight is 413 g/mol. The van der Waals surface area contributed by atoms with E-state index in [0.717, 1.165) is 18.6 Å². The first kappa shape index (κ1) is 19.4. The Bertz CT molecular complexity index is 1010. The number of aromatic nitrogens is 3. The third-order valence-corrected chi connectivity index (χ3v) is 5.98. The highest BCUT2D eigenvalue weighted by Crippen LogP contribution is 2.34. The molecule has 0 radical (unpaired) electrons. The Labute approximate surface area is 172 Å². The molecule has 0 bridgehead atoms. The predicted molar refractivity (Wildman–Crippen MR) is 107 cm³/mol. The van der Waals surface area contributed by atoms with Crippen molar-refractivity contribution in [3.05, 3.63) is 60.2 Å². The average Bonchev–Trinajstić information content (AvgIpc) is 3.33. The fourth-order valence-electron chi connectivity index (χ4n) is 3.20. The fourth-order valence-corrected chi connectivity index (χ4v) is 4.39. The number of methoxy groups -OCH3 is 1. The molecule has 1 heterocycles. The molecule has 2 aromatic carbocycles. The van der Waals surface area contributed by atoms with Crippen molar-refractivity contribution in [1.29, 1.82) is 0 Å². The molecule has 6 nitrogen and oxygen atoms in total. The van der Waals surface area contributed by atoms with Crippen LogP contribution in [0.25, 0.3) is 5.69 Å². The van der Waals surface area contributed by atoms with E-state index in [1.807, 2.05) is 0 Å². The Hall–Kier alpha value is -2.87. The zero-order valence-corrected chi connectivity index (χ0v) is 16.7. The maximum atomic E-state index is 14.5. The normalized spacial score (nSPS) is 16.2. The quantitative estimate of drug-likeness (QED) is 0.578. The monoisotopic (exact) mass is 413 g/mol. The number of carbonyl (C=O) groups is 1. The van der Waals surface area contributed by atoms with E-state index in [-0.39, 0.29) is 17.6 Å². The summed E-state index contributed by atoms with van der Waals surface area (Å²) >= 11 is 1.34. The van der Waals surface area contributed by atoms with Gasteiger partial charge in [-0.3, -0.25) is 9.36 Å². The lowest BCUT2D eigenvalue weighted by atomic mass is 10.3. The van der Waals surface area contributed by atoms with Gasteiger partial charge in [-0.1, -0.05) is 23.9 Å². The first-order chi connectivity index (χ1) is 14.2. The molecule has 150 valence electrons. The molecule has 1 aromatic heterocycles. The number of thioether (sulfide) groups is 1. The number of benzene rings is 2. The minimum absolute atomic E-state index is 0.104. The van der Waals surface area contributed by atoms with Gasteiger partial charge in [0.05, 0.1) is 18.0 Å². The van der Waals surface area contributed by atoms with Crippen molar-refractivity contribution in [3.63, 3.8) is 0 Å². The number of halogens is 1. The van der Waals surface area contributed by atoms with Gasteiger partial charge in [-0.15, -0.1) is 10.2 Å². The molecule has 1 aliphatic carbocycles. The lowest BCUT2D eigenvalue weighted by molar-refractivity contribution is -0.116. The number of ketones is 1. The van der Waals surface area contributed by atoms with Crippen molar-refractivity contribution >= 4 is 17.5 Å². The molecule has 1 fully saturated rings. The van der Waals surface area contributed by atoms with Crippen molar-refractivity contribution in [1.82, 2.24) is 14.8 Å². The number of hydrogen-bond donors (Lipinski definition) is 0. The number of ether oxygens (including phenoxy) is 2. The number of rotatable bonds is 7. The minimum Gasteiger partial charge on any atom is -0.497 e. The highest BCUT2D eigenvalue weighted by atomic mass is 32.2. The molecular weight excluding hydrogens is 393 g/mol. The molecule has 0 saturated heterocycles. The van der Waals surface area contributed by atoms with Crippen LogP contribution in [0.1, 0.15) is 25.1 Å². The van der Waals surface area contributed by atoms with Crippen LogP contribution < -0.4 is 9.47 Å². The summed E-state index contributed by atoms with van der Waals surface area (Å²) < 4.78 is 27.1. The zero-order valence-electron chi connectivity index (χ0n) is 15.9. The van der Waals surface area contributed by atoms with Crippen LogP contribution in [0.5, 0.6) is 11.5 Å². The van der Waals surface area contributed by atoms with Gasteiger partial charge in [-0.2, -0.15) is 0 Å². The molecule has 1 atom stereocenters. The second-order valence-electron chi connectivity index (χ2n) is 6.61. The summed E-state index contributed by atoms with van der Waals surface area (Å²) in [5.74, 6) is 1.63. The Morgan fingerprint density at radius 2 is 1.90 bits per heavy atom. The van der Waals surface area contributed by atoms with Crippen molar-refractivity contribution in [2.75, 3.05) is 7.11 Å². The maximum Gasteiger partial charge on any atom is 0.196 e. The van der Waals surface area contributed by atoms with Gasteiger partial charge in [0.15, 0.2) is 11.0 Å². The van der Waals surface area contributed by atoms with Crippen molar-refractivity contribution < 1.29 is 18.7 Å². The van der Waals surface area contributed by atoms with Gasteiger partial charge in [0.2, 0.25) is 0 Å². The summed E-state index contributed by atoms with van der Waals surface area (Å²) in [5, 5.41) is 8.77. The van der Waals surface area contributed by atoms with Gasteiger partial charge in [0, 0.05) is 6.42 Å². The lowest BCUT2D eigenvalue weighted by Crippen LogP contribution is -2.12. The maximum absolute atomic E-state index is 14.5. The summed E-state index contributed by atoms with van der Waals surface area (Å²) in [6, 6.07) is 13.6. The van der Waals surface area contributed by atoms with Gasteiger partial charge in [0.1, 0.15) is 29.7 Å². The van der Waals surface area contributed by atoms with E-state index in [9.17, 15) is 9.18 Å². The smallest absolute Gasteiger partial charge is 0.196 e. The van der Waals surface area contributed by atoms with Crippen LogP contribution in [-0.2, 0) is 11.4 Å². The lowest BCUT2D eigenvalue weighted by Gasteiger charge is -2.13. The van der Waals surface area contributed by atoms with Crippen LogP contribution in [0.15, 0.2) is 53.7 Å². The van der Waals surface area contributed by atoms with E-state index in [2.05, 4.69) is 10.2 Å². The molecular formula is C21H20FN3O3S. The van der Waals surface area contributed by atoms with Crippen molar-refractivity contribution in [3.8, 4) is 17.2 Å². The molecule has 1 saturated carbocycles. The molecule has 29 heavy (non-hydrogen) atoms. The summed E-state index contributed by atoms with van der Waals surface area (Å²) in [5.41, 5.74) is 0.332. The van der Waals surface area contributed by atoms with Crippen LogP contribution in [0, 0.1) is 5.82 Å². The van der Waals surface area contributed by atoms with E-state index in [1.54, 1.807) is 54.1 Å². The molecule has 4 rings (SSSR count). The molecule has 3 aromatic rings. The van der Waals surface area contributed by atoms with Gasteiger partial charge in [-0.25, -0.2) is 4.39 Å². The van der Waals surface area contributed by atoms with E-state index in [1.165, 1.54) is 17.8 Å². The molecule has 8 heteroatoms. The number of hydrogen-bond acceptors (Lipinski definition) is 6. The van der Waals surface area contributed by atoms with Crippen molar-refractivity contribution in [2.24, 2.45) is 0 Å². The van der Waals surface area contributed by atoms with Crippen LogP contribution in [-0.4, -0.2) is 32.9 Å². The van der Waals surface area contributed by atoms with E-state index in [4.69, 9.17) is 9.47 Å². The molecule has 0 spiro atoms. The number of carbonyl (C=O) groups excluding carboxylic acids is 1. The van der Waals surface area contributed by atoms with E-state index in [0.29, 0.717) is 28.8 Å². The zero-order chi connectivity index (χ0) is 20.2. The van der Waals surface area contributed by atoms with E-state index < -0.39 is 5.82 Å². The molecule has 1 aliphatic rings.